The first-order valence-corrected chi connectivity index (χ1v) is 7.61. The van der Waals surface area contributed by atoms with Crippen LogP contribution in [0, 0.1) is 0 Å². The van der Waals surface area contributed by atoms with Gasteiger partial charge in [-0.1, -0.05) is 29.8 Å². The number of allylic oxidation sites excluding steroid dienone is 1. The highest BCUT2D eigenvalue weighted by atomic mass is 16.5. The molecule has 4 heteroatoms. The molecular weight excluding hydrogens is 264 g/mol. The van der Waals surface area contributed by atoms with Crippen LogP contribution >= 0.6 is 0 Å². The summed E-state index contributed by atoms with van der Waals surface area (Å²) in [4.78, 5) is 11.8. The van der Waals surface area contributed by atoms with Crippen LogP contribution in [0.1, 0.15) is 37.7 Å². The molecule has 1 aromatic carbocycles. The zero-order valence-corrected chi connectivity index (χ0v) is 12.7. The van der Waals surface area contributed by atoms with Gasteiger partial charge in [0.05, 0.1) is 7.11 Å². The maximum absolute atomic E-state index is 11.8. The number of amides is 2. The van der Waals surface area contributed by atoms with E-state index in [1.165, 1.54) is 31.3 Å². The van der Waals surface area contributed by atoms with E-state index in [-0.39, 0.29) is 6.03 Å². The molecule has 0 saturated carbocycles. The van der Waals surface area contributed by atoms with E-state index in [0.29, 0.717) is 13.1 Å². The van der Waals surface area contributed by atoms with Crippen LogP contribution in [0.5, 0.6) is 5.75 Å². The van der Waals surface area contributed by atoms with Crippen molar-refractivity contribution in [1.29, 1.82) is 0 Å². The molecule has 0 fully saturated rings. The molecule has 0 spiro atoms. The Morgan fingerprint density at radius 3 is 2.86 bits per heavy atom. The van der Waals surface area contributed by atoms with Crippen molar-refractivity contribution >= 4 is 6.03 Å². The summed E-state index contributed by atoms with van der Waals surface area (Å²) in [5.74, 6) is 0.796. The molecule has 114 valence electrons. The SMILES string of the molecule is COc1ccccc1CNC(=O)NCCC1=CCCCC1. The molecule has 1 aromatic rings. The number of rotatable bonds is 6. The van der Waals surface area contributed by atoms with Crippen LogP contribution < -0.4 is 15.4 Å². The Balaban J connectivity index is 1.68. The first kappa shape index (κ1) is 15.4. The normalized spacial score (nSPS) is 14.2. The zero-order chi connectivity index (χ0) is 14.9. The number of hydrogen-bond donors (Lipinski definition) is 2. The molecule has 1 aliphatic carbocycles. The van der Waals surface area contributed by atoms with Gasteiger partial charge < -0.3 is 15.4 Å². The second-order valence-corrected chi connectivity index (χ2v) is 5.28. The van der Waals surface area contributed by atoms with Gasteiger partial charge in [0.1, 0.15) is 5.75 Å². The Bertz CT molecular complexity index is 497. The molecular formula is C17H24N2O2. The second kappa shape index (κ2) is 8.35. The van der Waals surface area contributed by atoms with E-state index in [0.717, 1.165) is 17.7 Å². The topological polar surface area (TPSA) is 50.4 Å². The van der Waals surface area contributed by atoms with Crippen LogP contribution in [0.25, 0.3) is 0 Å². The van der Waals surface area contributed by atoms with E-state index in [2.05, 4.69) is 16.7 Å². The Kier molecular flexibility index (Phi) is 6.13. The third-order valence-electron chi connectivity index (χ3n) is 3.75. The number of methoxy groups -OCH3 is 1. The minimum atomic E-state index is -0.127. The maximum Gasteiger partial charge on any atom is 0.315 e. The van der Waals surface area contributed by atoms with Crippen LogP contribution in [0.15, 0.2) is 35.9 Å². The molecule has 0 aliphatic heterocycles. The number of carbonyl (C=O) groups is 1. The fourth-order valence-corrected chi connectivity index (χ4v) is 2.56. The van der Waals surface area contributed by atoms with Crippen molar-refractivity contribution in [3.05, 3.63) is 41.5 Å². The van der Waals surface area contributed by atoms with Gasteiger partial charge in [0, 0.05) is 18.7 Å². The first-order chi connectivity index (χ1) is 10.3. The summed E-state index contributed by atoms with van der Waals surface area (Å²) in [6.07, 6.45) is 8.24. The maximum atomic E-state index is 11.8. The Hall–Kier alpha value is -1.97. The average Bonchev–Trinajstić information content (AvgIpc) is 2.54. The van der Waals surface area contributed by atoms with Gasteiger partial charge in [-0.2, -0.15) is 0 Å². The van der Waals surface area contributed by atoms with E-state index in [9.17, 15) is 4.79 Å². The summed E-state index contributed by atoms with van der Waals surface area (Å²) < 4.78 is 5.26. The number of carbonyl (C=O) groups excluding carboxylic acids is 1. The van der Waals surface area contributed by atoms with Crippen LogP contribution in [0.3, 0.4) is 0 Å². The molecule has 1 aliphatic rings. The lowest BCUT2D eigenvalue weighted by Gasteiger charge is -2.13. The van der Waals surface area contributed by atoms with E-state index in [1.807, 2.05) is 24.3 Å². The van der Waals surface area contributed by atoms with E-state index < -0.39 is 0 Å². The van der Waals surface area contributed by atoms with E-state index in [4.69, 9.17) is 4.74 Å². The van der Waals surface area contributed by atoms with E-state index in [1.54, 1.807) is 7.11 Å². The molecule has 0 aromatic heterocycles. The summed E-state index contributed by atoms with van der Waals surface area (Å²) in [5.41, 5.74) is 2.46. The molecule has 0 unspecified atom stereocenters. The number of hydrogen-bond acceptors (Lipinski definition) is 2. The van der Waals surface area contributed by atoms with Crippen molar-refractivity contribution in [2.24, 2.45) is 0 Å². The van der Waals surface area contributed by atoms with Gasteiger partial charge in [-0.05, 0) is 38.2 Å². The minimum Gasteiger partial charge on any atom is -0.496 e. The lowest BCUT2D eigenvalue weighted by molar-refractivity contribution is 0.240. The predicted molar refractivity (Wildman–Crippen MR) is 84.4 cm³/mol. The standard InChI is InChI=1S/C17H24N2O2/c1-21-16-10-6-5-9-15(16)13-19-17(20)18-12-11-14-7-3-2-4-8-14/h5-7,9-10H,2-4,8,11-13H2,1H3,(H2,18,19,20). The van der Waals surface area contributed by atoms with Crippen LogP contribution in [0.2, 0.25) is 0 Å². The summed E-state index contributed by atoms with van der Waals surface area (Å²) >= 11 is 0. The van der Waals surface area contributed by atoms with Gasteiger partial charge >= 0.3 is 6.03 Å². The molecule has 0 saturated heterocycles. The van der Waals surface area contributed by atoms with Gasteiger partial charge in [0.25, 0.3) is 0 Å². The highest BCUT2D eigenvalue weighted by Gasteiger charge is 2.06. The number of benzene rings is 1. The second-order valence-electron chi connectivity index (χ2n) is 5.28. The third kappa shape index (κ3) is 5.14. The molecule has 4 nitrogen and oxygen atoms in total. The molecule has 2 rings (SSSR count). The van der Waals surface area contributed by atoms with Crippen molar-refractivity contribution in [3.8, 4) is 5.75 Å². The molecule has 2 N–H and O–H groups in total. The van der Waals surface area contributed by atoms with Crippen molar-refractivity contribution < 1.29 is 9.53 Å². The van der Waals surface area contributed by atoms with Crippen molar-refractivity contribution in [2.75, 3.05) is 13.7 Å². The van der Waals surface area contributed by atoms with Gasteiger partial charge in [-0.3, -0.25) is 0 Å². The quantitative estimate of drug-likeness (QED) is 0.788. The molecule has 0 atom stereocenters. The Labute approximate surface area is 126 Å². The fraction of sp³-hybridized carbons (Fsp3) is 0.471. The summed E-state index contributed by atoms with van der Waals surface area (Å²) in [5, 5.41) is 5.77. The van der Waals surface area contributed by atoms with Crippen molar-refractivity contribution in [2.45, 2.75) is 38.6 Å². The lowest BCUT2D eigenvalue weighted by Crippen LogP contribution is -2.35. The molecule has 0 heterocycles. The zero-order valence-electron chi connectivity index (χ0n) is 12.7. The van der Waals surface area contributed by atoms with Gasteiger partial charge in [0.15, 0.2) is 0 Å². The number of para-hydroxylation sites is 1. The first-order valence-electron chi connectivity index (χ1n) is 7.61. The third-order valence-corrected chi connectivity index (χ3v) is 3.75. The van der Waals surface area contributed by atoms with Crippen LogP contribution in [-0.4, -0.2) is 19.7 Å². The van der Waals surface area contributed by atoms with Crippen molar-refractivity contribution in [3.63, 3.8) is 0 Å². The minimum absolute atomic E-state index is 0.127. The van der Waals surface area contributed by atoms with Crippen LogP contribution in [-0.2, 0) is 6.54 Å². The Morgan fingerprint density at radius 2 is 2.10 bits per heavy atom. The summed E-state index contributed by atoms with van der Waals surface area (Å²) in [6.45, 7) is 1.17. The number of urea groups is 1. The van der Waals surface area contributed by atoms with Crippen molar-refractivity contribution in [1.82, 2.24) is 10.6 Å². The average molecular weight is 288 g/mol. The van der Waals surface area contributed by atoms with Gasteiger partial charge in [-0.25, -0.2) is 4.79 Å². The highest BCUT2D eigenvalue weighted by Crippen LogP contribution is 2.19. The smallest absolute Gasteiger partial charge is 0.315 e. The number of nitrogens with one attached hydrogen (secondary N) is 2. The lowest BCUT2D eigenvalue weighted by atomic mass is 9.97. The Morgan fingerprint density at radius 1 is 1.24 bits per heavy atom. The van der Waals surface area contributed by atoms with Crippen LogP contribution in [0.4, 0.5) is 4.79 Å². The molecule has 21 heavy (non-hydrogen) atoms. The molecule has 2 amide bonds. The van der Waals surface area contributed by atoms with Gasteiger partial charge in [-0.15, -0.1) is 0 Å². The predicted octanol–water partition coefficient (Wildman–Crippen LogP) is 3.38. The van der Waals surface area contributed by atoms with E-state index >= 15 is 0 Å². The molecule has 0 bridgehead atoms. The molecule has 0 radical (unpaired) electrons. The summed E-state index contributed by atoms with van der Waals surface area (Å²) in [7, 11) is 1.64. The number of ether oxygens (including phenoxy) is 1. The largest absolute Gasteiger partial charge is 0.496 e. The monoisotopic (exact) mass is 288 g/mol. The fourth-order valence-electron chi connectivity index (χ4n) is 2.56. The summed E-state index contributed by atoms with van der Waals surface area (Å²) in [6, 6.07) is 7.57. The highest BCUT2D eigenvalue weighted by molar-refractivity contribution is 5.73. The van der Waals surface area contributed by atoms with Gasteiger partial charge in [0.2, 0.25) is 0 Å².